The average molecular weight is 232 g/mol. The number of aromatic nitrogens is 2. The number of rotatable bonds is 4. The van der Waals surface area contributed by atoms with Crippen molar-refractivity contribution in [3.05, 3.63) is 53.4 Å². The van der Waals surface area contributed by atoms with Crippen LogP contribution in [0.3, 0.4) is 0 Å². The van der Waals surface area contributed by atoms with Gasteiger partial charge in [-0.25, -0.2) is 9.37 Å². The van der Waals surface area contributed by atoms with Crippen molar-refractivity contribution in [3.63, 3.8) is 0 Å². The number of hydrogen-bond acceptors (Lipinski definition) is 2. The minimum absolute atomic E-state index is 0.220. The van der Waals surface area contributed by atoms with Crippen LogP contribution in [0.25, 0.3) is 0 Å². The van der Waals surface area contributed by atoms with Crippen LogP contribution >= 0.6 is 0 Å². The van der Waals surface area contributed by atoms with Gasteiger partial charge in [-0.15, -0.1) is 0 Å². The number of aryl methyl sites for hydroxylation is 3. The van der Waals surface area contributed by atoms with Gasteiger partial charge in [-0.3, -0.25) is 4.79 Å². The first kappa shape index (κ1) is 11.5. The van der Waals surface area contributed by atoms with E-state index in [4.69, 9.17) is 0 Å². The molecule has 0 saturated heterocycles. The number of carbonyl (C=O) groups is 1. The summed E-state index contributed by atoms with van der Waals surface area (Å²) in [4.78, 5) is 14.6. The highest BCUT2D eigenvalue weighted by atomic mass is 19.1. The fraction of sp³-hybridized carbons (Fsp3) is 0.231. The summed E-state index contributed by atoms with van der Waals surface area (Å²) < 4.78 is 14.7. The van der Waals surface area contributed by atoms with E-state index in [0.29, 0.717) is 12.2 Å². The molecule has 1 aromatic heterocycles. The molecule has 17 heavy (non-hydrogen) atoms. The van der Waals surface area contributed by atoms with Crippen LogP contribution in [0.15, 0.2) is 30.7 Å². The minimum atomic E-state index is -0.220. The fourth-order valence-corrected chi connectivity index (χ4v) is 1.80. The van der Waals surface area contributed by atoms with Crippen LogP contribution in [-0.2, 0) is 13.0 Å². The van der Waals surface area contributed by atoms with Gasteiger partial charge in [0.2, 0.25) is 0 Å². The zero-order valence-electron chi connectivity index (χ0n) is 9.56. The van der Waals surface area contributed by atoms with Crippen molar-refractivity contribution in [2.24, 2.45) is 0 Å². The number of halogens is 1. The number of nitrogens with zero attached hydrogens (tertiary/aromatic N) is 2. The van der Waals surface area contributed by atoms with Gasteiger partial charge >= 0.3 is 0 Å². The zero-order chi connectivity index (χ0) is 12.3. The van der Waals surface area contributed by atoms with Gasteiger partial charge in [-0.2, -0.15) is 0 Å². The summed E-state index contributed by atoms with van der Waals surface area (Å²) in [7, 11) is 0. The number of imidazole rings is 1. The summed E-state index contributed by atoms with van der Waals surface area (Å²) in [6.07, 6.45) is 4.70. The first-order valence-corrected chi connectivity index (χ1v) is 5.41. The van der Waals surface area contributed by atoms with Gasteiger partial charge in [0.1, 0.15) is 11.5 Å². The summed E-state index contributed by atoms with van der Waals surface area (Å²) >= 11 is 0. The van der Waals surface area contributed by atoms with Crippen LogP contribution in [0.4, 0.5) is 4.39 Å². The summed E-state index contributed by atoms with van der Waals surface area (Å²) in [5.41, 5.74) is 2.57. The van der Waals surface area contributed by atoms with Gasteiger partial charge in [-0.1, -0.05) is 6.07 Å². The Morgan fingerprint density at radius 1 is 1.47 bits per heavy atom. The molecule has 1 heterocycles. The predicted molar refractivity (Wildman–Crippen MR) is 62.5 cm³/mol. The topological polar surface area (TPSA) is 34.9 Å². The third-order valence-electron chi connectivity index (χ3n) is 2.79. The molecule has 0 aliphatic carbocycles. The predicted octanol–water partition coefficient (Wildman–Crippen LogP) is 2.39. The normalized spacial score (nSPS) is 10.5. The molecule has 0 radical (unpaired) electrons. The molecule has 0 saturated carbocycles. The van der Waals surface area contributed by atoms with Gasteiger partial charge < -0.3 is 4.57 Å². The van der Waals surface area contributed by atoms with E-state index in [1.807, 2.05) is 6.92 Å². The van der Waals surface area contributed by atoms with E-state index < -0.39 is 0 Å². The first-order chi connectivity index (χ1) is 8.20. The van der Waals surface area contributed by atoms with Crippen LogP contribution in [0.5, 0.6) is 0 Å². The average Bonchev–Trinajstić information content (AvgIpc) is 2.75. The molecule has 0 spiro atoms. The number of benzene rings is 1. The highest BCUT2D eigenvalue weighted by Gasteiger charge is 2.03. The van der Waals surface area contributed by atoms with Crippen molar-refractivity contribution in [1.29, 1.82) is 0 Å². The fourth-order valence-electron chi connectivity index (χ4n) is 1.80. The van der Waals surface area contributed by atoms with Gasteiger partial charge in [0, 0.05) is 6.54 Å². The Bertz CT molecular complexity index is 534. The molecule has 4 heteroatoms. The van der Waals surface area contributed by atoms with Crippen molar-refractivity contribution in [3.8, 4) is 0 Å². The van der Waals surface area contributed by atoms with E-state index in [1.165, 1.54) is 18.3 Å². The molecule has 2 rings (SSSR count). The summed E-state index contributed by atoms with van der Waals surface area (Å²) in [6.45, 7) is 2.55. The van der Waals surface area contributed by atoms with E-state index in [0.717, 1.165) is 23.8 Å². The van der Waals surface area contributed by atoms with E-state index in [9.17, 15) is 9.18 Å². The van der Waals surface area contributed by atoms with Crippen molar-refractivity contribution < 1.29 is 9.18 Å². The lowest BCUT2D eigenvalue weighted by Gasteiger charge is -2.07. The quantitative estimate of drug-likeness (QED) is 0.758. The van der Waals surface area contributed by atoms with Crippen molar-refractivity contribution in [2.45, 2.75) is 19.9 Å². The molecule has 0 N–H and O–H groups in total. The van der Waals surface area contributed by atoms with E-state index in [-0.39, 0.29) is 5.82 Å². The zero-order valence-corrected chi connectivity index (χ0v) is 9.56. The smallest absolute Gasteiger partial charge is 0.168 e. The molecular weight excluding hydrogens is 219 g/mol. The van der Waals surface area contributed by atoms with E-state index >= 15 is 0 Å². The van der Waals surface area contributed by atoms with Gasteiger partial charge in [0.25, 0.3) is 0 Å². The molecule has 0 fully saturated rings. The molecular formula is C13H13FN2O. The molecule has 0 atom stereocenters. The van der Waals surface area contributed by atoms with Gasteiger partial charge in [0.15, 0.2) is 6.29 Å². The first-order valence-electron chi connectivity index (χ1n) is 5.41. The third kappa shape index (κ3) is 2.58. The van der Waals surface area contributed by atoms with E-state index in [2.05, 4.69) is 4.98 Å². The second-order valence-electron chi connectivity index (χ2n) is 3.95. The molecule has 88 valence electrons. The summed E-state index contributed by atoms with van der Waals surface area (Å²) in [5, 5.41) is 0. The second-order valence-corrected chi connectivity index (χ2v) is 3.95. The van der Waals surface area contributed by atoms with E-state index in [1.54, 1.807) is 17.0 Å². The van der Waals surface area contributed by atoms with Gasteiger partial charge in [0.05, 0.1) is 12.5 Å². The molecule has 2 aromatic rings. The van der Waals surface area contributed by atoms with Crippen molar-refractivity contribution in [1.82, 2.24) is 9.55 Å². The molecule has 0 amide bonds. The van der Waals surface area contributed by atoms with Crippen LogP contribution in [-0.4, -0.2) is 15.8 Å². The molecule has 0 aliphatic heterocycles. The highest BCUT2D eigenvalue weighted by molar-refractivity contribution is 5.71. The maximum absolute atomic E-state index is 12.9. The Kier molecular flexibility index (Phi) is 3.32. The molecule has 1 aromatic carbocycles. The Morgan fingerprint density at radius 3 is 3.00 bits per heavy atom. The maximum atomic E-state index is 12.9. The Morgan fingerprint density at radius 2 is 2.29 bits per heavy atom. The van der Waals surface area contributed by atoms with Crippen molar-refractivity contribution in [2.75, 3.05) is 0 Å². The number of aldehydes is 1. The lowest BCUT2D eigenvalue weighted by atomic mass is 10.1. The molecule has 0 bridgehead atoms. The standard InChI is InChI=1S/C13H13FN2O/c1-10-6-12(14)3-2-11(10)4-5-16-9-15-7-13(16)8-17/h2-3,6-9H,4-5H2,1H3. The highest BCUT2D eigenvalue weighted by Crippen LogP contribution is 2.12. The largest absolute Gasteiger partial charge is 0.328 e. The lowest BCUT2D eigenvalue weighted by molar-refractivity contribution is 0.111. The van der Waals surface area contributed by atoms with Gasteiger partial charge in [-0.05, 0) is 36.6 Å². The lowest BCUT2D eigenvalue weighted by Crippen LogP contribution is -2.04. The Hall–Kier alpha value is -1.97. The third-order valence-corrected chi connectivity index (χ3v) is 2.79. The van der Waals surface area contributed by atoms with Crippen LogP contribution in [0.2, 0.25) is 0 Å². The van der Waals surface area contributed by atoms with Crippen LogP contribution in [0.1, 0.15) is 21.6 Å². The SMILES string of the molecule is Cc1cc(F)ccc1CCn1cncc1C=O. The molecule has 3 nitrogen and oxygen atoms in total. The Labute approximate surface area is 98.9 Å². The van der Waals surface area contributed by atoms with Crippen molar-refractivity contribution >= 4 is 6.29 Å². The Balaban J connectivity index is 2.10. The number of hydrogen-bond donors (Lipinski definition) is 0. The minimum Gasteiger partial charge on any atom is -0.328 e. The molecule has 0 unspecified atom stereocenters. The summed E-state index contributed by atoms with van der Waals surface area (Å²) in [6, 6.07) is 4.75. The molecule has 0 aliphatic rings. The second kappa shape index (κ2) is 4.91. The monoisotopic (exact) mass is 232 g/mol. The maximum Gasteiger partial charge on any atom is 0.168 e. The number of carbonyl (C=O) groups excluding carboxylic acids is 1. The van der Waals surface area contributed by atoms with Crippen LogP contribution < -0.4 is 0 Å². The summed E-state index contributed by atoms with van der Waals surface area (Å²) in [5.74, 6) is -0.220. The van der Waals surface area contributed by atoms with Crippen LogP contribution in [0, 0.1) is 12.7 Å².